The second kappa shape index (κ2) is 8.75. The predicted octanol–water partition coefficient (Wildman–Crippen LogP) is 2.38. The van der Waals surface area contributed by atoms with Crippen LogP contribution >= 0.6 is 12.2 Å². The highest BCUT2D eigenvalue weighted by Gasteiger charge is 2.24. The molecule has 0 fully saturated rings. The average Bonchev–Trinajstić information content (AvgIpc) is 3.07. The van der Waals surface area contributed by atoms with E-state index in [4.69, 9.17) is 31.6 Å². The number of ether oxygens (including phenoxy) is 3. The molecule has 0 amide bonds. The summed E-state index contributed by atoms with van der Waals surface area (Å²) in [5, 5.41) is 16.2. The molecule has 1 unspecified atom stereocenters. The van der Waals surface area contributed by atoms with Crippen LogP contribution in [0.1, 0.15) is 31.4 Å². The van der Waals surface area contributed by atoms with Crippen molar-refractivity contribution < 1.29 is 19.4 Å². The molecule has 1 aliphatic heterocycles. The van der Waals surface area contributed by atoms with Crippen molar-refractivity contribution in [2.75, 3.05) is 27.5 Å². The van der Waals surface area contributed by atoms with Gasteiger partial charge in [0.1, 0.15) is 0 Å². The summed E-state index contributed by atoms with van der Waals surface area (Å²) < 4.78 is 16.4. The Morgan fingerprint density at radius 1 is 1.56 bits per heavy atom. The fourth-order valence-electron chi connectivity index (χ4n) is 2.50. The second-order valence-corrected chi connectivity index (χ2v) is 6.28. The molecule has 8 heteroatoms. The predicted molar refractivity (Wildman–Crippen MR) is 100 cm³/mol. The third kappa shape index (κ3) is 4.45. The van der Waals surface area contributed by atoms with E-state index in [2.05, 4.69) is 24.3 Å². The molecule has 0 radical (unpaired) electrons. The molecule has 1 aliphatic rings. The topological polar surface area (TPSA) is 75.6 Å². The lowest BCUT2D eigenvalue weighted by Gasteiger charge is -2.24. The first-order chi connectivity index (χ1) is 12.0. The Hall–Kier alpha value is -2.22. The fraction of sp³-hybridized carbons (Fsp3) is 0.529. The van der Waals surface area contributed by atoms with Crippen molar-refractivity contribution >= 4 is 23.5 Å². The average molecular weight is 367 g/mol. The van der Waals surface area contributed by atoms with Crippen molar-refractivity contribution in [1.82, 2.24) is 10.2 Å². The zero-order chi connectivity index (χ0) is 18.4. The zero-order valence-corrected chi connectivity index (χ0v) is 15.9. The lowest BCUT2D eigenvalue weighted by Crippen LogP contribution is -2.42. The van der Waals surface area contributed by atoms with E-state index in [-0.39, 0.29) is 6.79 Å². The number of nitrogens with zero attached hydrogens (tertiary/aromatic N) is 2. The SMILES string of the molecule is CCC(C)NC(=S)N(C)CCc1cc2c(c(OC)c1/C=N/O)OCO2. The minimum absolute atomic E-state index is 0.146. The minimum Gasteiger partial charge on any atom is -0.492 e. The van der Waals surface area contributed by atoms with E-state index >= 15 is 0 Å². The van der Waals surface area contributed by atoms with Crippen molar-refractivity contribution in [1.29, 1.82) is 0 Å². The molecule has 1 heterocycles. The minimum atomic E-state index is 0.146. The largest absolute Gasteiger partial charge is 0.492 e. The van der Waals surface area contributed by atoms with Gasteiger partial charge in [0.25, 0.3) is 0 Å². The maximum atomic E-state index is 9.01. The van der Waals surface area contributed by atoms with E-state index in [0.717, 1.165) is 12.0 Å². The first kappa shape index (κ1) is 19.1. The molecule has 138 valence electrons. The number of likely N-dealkylation sites (N-methyl/N-ethyl adjacent to an activating group) is 1. The molecular weight excluding hydrogens is 342 g/mol. The molecule has 0 saturated heterocycles. The van der Waals surface area contributed by atoms with Crippen LogP contribution in [0.3, 0.4) is 0 Å². The van der Waals surface area contributed by atoms with Crippen molar-refractivity contribution in [3.05, 3.63) is 17.2 Å². The summed E-state index contributed by atoms with van der Waals surface area (Å²) in [4.78, 5) is 1.98. The van der Waals surface area contributed by atoms with E-state index < -0.39 is 0 Å². The maximum Gasteiger partial charge on any atom is 0.231 e. The number of rotatable bonds is 7. The van der Waals surface area contributed by atoms with Gasteiger partial charge in [0, 0.05) is 25.2 Å². The van der Waals surface area contributed by atoms with E-state index in [0.29, 0.717) is 46.9 Å². The Morgan fingerprint density at radius 2 is 2.32 bits per heavy atom. The summed E-state index contributed by atoms with van der Waals surface area (Å²) in [5.74, 6) is 1.67. The van der Waals surface area contributed by atoms with Crippen molar-refractivity contribution in [3.63, 3.8) is 0 Å². The molecule has 0 aliphatic carbocycles. The third-order valence-corrected chi connectivity index (χ3v) is 4.61. The van der Waals surface area contributed by atoms with Crippen LogP contribution in [0.5, 0.6) is 17.2 Å². The molecule has 0 saturated carbocycles. The van der Waals surface area contributed by atoms with Crippen LogP contribution in [-0.4, -0.2) is 55.0 Å². The summed E-state index contributed by atoms with van der Waals surface area (Å²) in [7, 11) is 3.49. The summed E-state index contributed by atoms with van der Waals surface area (Å²) in [6.07, 6.45) is 3.03. The van der Waals surface area contributed by atoms with Crippen LogP contribution in [0.2, 0.25) is 0 Å². The van der Waals surface area contributed by atoms with Gasteiger partial charge in [0.2, 0.25) is 12.5 Å². The Kier molecular flexibility index (Phi) is 6.69. The number of hydrogen-bond donors (Lipinski definition) is 2. The van der Waals surface area contributed by atoms with Crippen LogP contribution in [0, 0.1) is 0 Å². The highest BCUT2D eigenvalue weighted by atomic mass is 32.1. The highest BCUT2D eigenvalue weighted by Crippen LogP contribution is 2.44. The molecule has 1 aromatic carbocycles. The molecule has 7 nitrogen and oxygen atoms in total. The van der Waals surface area contributed by atoms with Gasteiger partial charge in [-0.2, -0.15) is 0 Å². The summed E-state index contributed by atoms with van der Waals surface area (Å²) in [6, 6.07) is 2.22. The number of methoxy groups -OCH3 is 1. The fourth-order valence-corrected chi connectivity index (χ4v) is 2.79. The number of fused-ring (bicyclic) bond motifs is 1. The maximum absolute atomic E-state index is 9.01. The Labute approximate surface area is 153 Å². The molecule has 2 rings (SSSR count). The molecule has 1 atom stereocenters. The smallest absolute Gasteiger partial charge is 0.231 e. The number of hydrogen-bond acceptors (Lipinski definition) is 6. The Morgan fingerprint density at radius 3 is 2.96 bits per heavy atom. The number of oxime groups is 1. The molecule has 0 spiro atoms. The van der Waals surface area contributed by atoms with Crippen LogP contribution in [0.15, 0.2) is 11.2 Å². The molecule has 0 aromatic heterocycles. The van der Waals surface area contributed by atoms with Gasteiger partial charge in [-0.05, 0) is 43.6 Å². The lowest BCUT2D eigenvalue weighted by molar-refractivity contribution is 0.171. The van der Waals surface area contributed by atoms with Crippen molar-refractivity contribution in [3.8, 4) is 17.2 Å². The van der Waals surface area contributed by atoms with E-state index in [1.807, 2.05) is 18.0 Å². The summed E-state index contributed by atoms with van der Waals surface area (Å²) in [6.45, 7) is 5.04. The Balaban J connectivity index is 2.17. The van der Waals surface area contributed by atoms with Gasteiger partial charge in [-0.15, -0.1) is 0 Å². The van der Waals surface area contributed by atoms with Gasteiger partial charge in [-0.1, -0.05) is 12.1 Å². The molecule has 25 heavy (non-hydrogen) atoms. The zero-order valence-electron chi connectivity index (χ0n) is 15.0. The standard InChI is InChI=1S/C17H25N3O4S/c1-5-11(2)19-17(25)20(3)7-6-12-8-14-16(24-10-23-14)15(22-4)13(12)9-18-21/h8-9,11,21H,5-7,10H2,1-4H3,(H,19,25)/b18-9+. The number of benzene rings is 1. The summed E-state index contributed by atoms with van der Waals surface area (Å²) >= 11 is 5.43. The van der Waals surface area contributed by atoms with Crippen LogP contribution in [-0.2, 0) is 6.42 Å². The van der Waals surface area contributed by atoms with E-state index in [1.54, 1.807) is 7.11 Å². The normalized spacial score (nSPS) is 13.8. The monoisotopic (exact) mass is 367 g/mol. The number of nitrogens with one attached hydrogen (secondary N) is 1. The van der Waals surface area contributed by atoms with Crippen LogP contribution in [0.4, 0.5) is 0 Å². The lowest BCUT2D eigenvalue weighted by atomic mass is 10.0. The number of thiocarbonyl (C=S) groups is 1. The molecule has 0 bridgehead atoms. The van der Waals surface area contributed by atoms with Gasteiger partial charge >= 0.3 is 0 Å². The van der Waals surface area contributed by atoms with Crippen LogP contribution in [0.25, 0.3) is 0 Å². The van der Waals surface area contributed by atoms with Gasteiger partial charge < -0.3 is 29.6 Å². The van der Waals surface area contributed by atoms with Gasteiger partial charge in [0.15, 0.2) is 16.6 Å². The van der Waals surface area contributed by atoms with Crippen molar-refractivity contribution in [2.24, 2.45) is 5.16 Å². The van der Waals surface area contributed by atoms with Gasteiger partial charge in [0.05, 0.1) is 13.3 Å². The Bertz CT molecular complexity index is 651. The quantitative estimate of drug-likeness (QED) is 0.332. The molecule has 2 N–H and O–H groups in total. The first-order valence-corrected chi connectivity index (χ1v) is 8.61. The van der Waals surface area contributed by atoms with E-state index in [9.17, 15) is 0 Å². The van der Waals surface area contributed by atoms with Crippen molar-refractivity contribution in [2.45, 2.75) is 32.7 Å². The summed E-state index contributed by atoms with van der Waals surface area (Å²) in [5.41, 5.74) is 1.60. The molecule has 1 aromatic rings. The van der Waals surface area contributed by atoms with Gasteiger partial charge in [-0.25, -0.2) is 0 Å². The highest BCUT2D eigenvalue weighted by molar-refractivity contribution is 7.80. The van der Waals surface area contributed by atoms with Gasteiger partial charge in [-0.3, -0.25) is 0 Å². The second-order valence-electron chi connectivity index (χ2n) is 5.89. The van der Waals surface area contributed by atoms with E-state index in [1.165, 1.54) is 6.21 Å². The van der Waals surface area contributed by atoms with Crippen LogP contribution < -0.4 is 19.5 Å². The first-order valence-electron chi connectivity index (χ1n) is 8.20. The molecular formula is C17H25N3O4S. The third-order valence-electron chi connectivity index (χ3n) is 4.18.